The number of carbonyl (C=O) groups excluding carboxylic acids is 1. The molecule has 114 valence electrons. The highest BCUT2D eigenvalue weighted by atomic mass is 16.5. The molecule has 1 N–H and O–H groups in total. The monoisotopic (exact) mass is 288 g/mol. The number of nitrogens with one attached hydrogen (secondary N) is 1. The maximum atomic E-state index is 12.0. The quantitative estimate of drug-likeness (QED) is 0.872. The van der Waals surface area contributed by atoms with E-state index in [0.29, 0.717) is 12.1 Å². The number of benzene rings is 1. The van der Waals surface area contributed by atoms with Gasteiger partial charge in [-0.05, 0) is 30.7 Å². The zero-order chi connectivity index (χ0) is 15.1. The summed E-state index contributed by atoms with van der Waals surface area (Å²) in [6.45, 7) is 10.3. The van der Waals surface area contributed by atoms with Crippen LogP contribution in [-0.4, -0.2) is 49.7 Å². The molecule has 4 heteroatoms. The first-order valence-corrected chi connectivity index (χ1v) is 7.57. The van der Waals surface area contributed by atoms with E-state index in [4.69, 9.17) is 4.74 Å². The zero-order valence-corrected chi connectivity index (χ0v) is 12.7. The van der Waals surface area contributed by atoms with Crippen LogP contribution in [0.25, 0.3) is 6.08 Å². The third kappa shape index (κ3) is 4.69. The number of amides is 1. The molecule has 1 saturated heterocycles. The van der Waals surface area contributed by atoms with Crippen LogP contribution in [0, 0.1) is 0 Å². The molecule has 21 heavy (non-hydrogen) atoms. The molecule has 0 aromatic heterocycles. The molecule has 4 nitrogen and oxygen atoms in total. The highest BCUT2D eigenvalue weighted by Gasteiger charge is 2.19. The highest BCUT2D eigenvalue weighted by Crippen LogP contribution is 2.08. The van der Waals surface area contributed by atoms with Gasteiger partial charge in [0.25, 0.3) is 5.91 Å². The van der Waals surface area contributed by atoms with Crippen LogP contribution in [0.2, 0.25) is 0 Å². The minimum Gasteiger partial charge on any atom is -0.375 e. The van der Waals surface area contributed by atoms with Gasteiger partial charge in [0, 0.05) is 25.2 Å². The fourth-order valence-electron chi connectivity index (χ4n) is 2.46. The normalized spacial score (nSPS) is 19.2. The number of rotatable bonds is 6. The van der Waals surface area contributed by atoms with Crippen LogP contribution in [0.4, 0.5) is 0 Å². The Hall–Kier alpha value is -1.65. The molecule has 0 aliphatic carbocycles. The van der Waals surface area contributed by atoms with Crippen molar-refractivity contribution in [3.8, 4) is 0 Å². The molecule has 1 aromatic carbocycles. The summed E-state index contributed by atoms with van der Waals surface area (Å²) >= 11 is 0. The van der Waals surface area contributed by atoms with Crippen molar-refractivity contribution in [2.45, 2.75) is 19.4 Å². The van der Waals surface area contributed by atoms with E-state index in [1.54, 1.807) is 6.08 Å². The topological polar surface area (TPSA) is 41.6 Å². The number of hydrogen-bond acceptors (Lipinski definition) is 3. The molecule has 0 bridgehead atoms. The van der Waals surface area contributed by atoms with Crippen molar-refractivity contribution in [1.82, 2.24) is 10.2 Å². The van der Waals surface area contributed by atoms with E-state index < -0.39 is 0 Å². The first kappa shape index (κ1) is 15.7. The molecular formula is C17H24N2O2. The van der Waals surface area contributed by atoms with Gasteiger partial charge in [-0.2, -0.15) is 0 Å². The molecule has 1 fully saturated rings. The predicted molar refractivity (Wildman–Crippen MR) is 85.3 cm³/mol. The smallest absolute Gasteiger partial charge is 0.251 e. The Morgan fingerprint density at radius 1 is 1.48 bits per heavy atom. The Balaban J connectivity index is 1.74. The molecule has 1 amide bonds. The lowest BCUT2D eigenvalue weighted by molar-refractivity contribution is -0.0296. The van der Waals surface area contributed by atoms with E-state index in [-0.39, 0.29) is 12.0 Å². The number of ether oxygens (including phenoxy) is 1. The predicted octanol–water partition coefficient (Wildman–Crippen LogP) is 2.17. The average Bonchev–Trinajstić information content (AvgIpc) is 2.55. The average molecular weight is 288 g/mol. The summed E-state index contributed by atoms with van der Waals surface area (Å²) < 4.78 is 5.72. The molecule has 1 atom stereocenters. The van der Waals surface area contributed by atoms with Crippen molar-refractivity contribution in [2.75, 3.05) is 32.8 Å². The molecule has 0 spiro atoms. The Kier molecular flexibility index (Phi) is 5.96. The van der Waals surface area contributed by atoms with E-state index in [1.165, 1.54) is 0 Å². The largest absolute Gasteiger partial charge is 0.375 e. The summed E-state index contributed by atoms with van der Waals surface area (Å²) in [5.41, 5.74) is 1.70. The molecular weight excluding hydrogens is 264 g/mol. The summed E-state index contributed by atoms with van der Waals surface area (Å²) in [6, 6.07) is 7.43. The van der Waals surface area contributed by atoms with Crippen LogP contribution in [0.3, 0.4) is 0 Å². The summed E-state index contributed by atoms with van der Waals surface area (Å²) in [5, 5.41) is 2.95. The lowest BCUT2D eigenvalue weighted by atomic mass is 10.1. The lowest BCUT2D eigenvalue weighted by Gasteiger charge is -2.32. The van der Waals surface area contributed by atoms with Gasteiger partial charge < -0.3 is 10.1 Å². The fourth-order valence-corrected chi connectivity index (χ4v) is 2.46. The molecule has 1 aliphatic rings. The Bertz CT molecular complexity index is 470. The standard InChI is InChI=1S/C17H24N2O2/c1-3-14-5-7-15(8-6-14)17(20)18-10-9-16-13-19(4-2)11-12-21-16/h3,5-8,16H,1,4,9-13H2,2H3,(H,18,20). The van der Waals surface area contributed by atoms with Gasteiger partial charge >= 0.3 is 0 Å². The second-order valence-corrected chi connectivity index (χ2v) is 5.26. The Morgan fingerprint density at radius 2 is 2.24 bits per heavy atom. The van der Waals surface area contributed by atoms with Crippen LogP contribution < -0.4 is 5.32 Å². The van der Waals surface area contributed by atoms with E-state index in [1.807, 2.05) is 24.3 Å². The molecule has 1 unspecified atom stereocenters. The second kappa shape index (κ2) is 7.96. The second-order valence-electron chi connectivity index (χ2n) is 5.26. The molecule has 1 aromatic rings. The van der Waals surface area contributed by atoms with Gasteiger partial charge in [0.05, 0.1) is 12.7 Å². The van der Waals surface area contributed by atoms with Crippen LogP contribution in [0.5, 0.6) is 0 Å². The number of likely N-dealkylation sites (N-methyl/N-ethyl adjacent to an activating group) is 1. The SMILES string of the molecule is C=Cc1ccc(C(=O)NCCC2CN(CC)CCO2)cc1. The summed E-state index contributed by atoms with van der Waals surface area (Å²) in [5.74, 6) is -0.0335. The van der Waals surface area contributed by atoms with Gasteiger partial charge in [-0.3, -0.25) is 9.69 Å². The minimum absolute atomic E-state index is 0.0335. The van der Waals surface area contributed by atoms with Crippen LogP contribution in [0.1, 0.15) is 29.3 Å². The maximum Gasteiger partial charge on any atom is 0.251 e. The third-order valence-corrected chi connectivity index (χ3v) is 3.83. The first-order valence-electron chi connectivity index (χ1n) is 7.57. The third-order valence-electron chi connectivity index (χ3n) is 3.83. The van der Waals surface area contributed by atoms with Gasteiger partial charge in [0.15, 0.2) is 0 Å². The van der Waals surface area contributed by atoms with E-state index in [2.05, 4.69) is 23.7 Å². The van der Waals surface area contributed by atoms with Gasteiger partial charge in [-0.1, -0.05) is 31.7 Å². The molecule has 0 saturated carbocycles. The van der Waals surface area contributed by atoms with Crippen molar-refractivity contribution >= 4 is 12.0 Å². The van der Waals surface area contributed by atoms with Crippen molar-refractivity contribution < 1.29 is 9.53 Å². The summed E-state index contributed by atoms with van der Waals surface area (Å²) in [7, 11) is 0. The van der Waals surface area contributed by atoms with Crippen molar-refractivity contribution in [3.63, 3.8) is 0 Å². The highest BCUT2D eigenvalue weighted by molar-refractivity contribution is 5.94. The van der Waals surface area contributed by atoms with Crippen LogP contribution in [0.15, 0.2) is 30.8 Å². The number of hydrogen-bond donors (Lipinski definition) is 1. The van der Waals surface area contributed by atoms with Crippen LogP contribution in [-0.2, 0) is 4.74 Å². The Labute approximate surface area is 126 Å². The molecule has 2 rings (SSSR count). The van der Waals surface area contributed by atoms with Crippen molar-refractivity contribution in [2.24, 2.45) is 0 Å². The van der Waals surface area contributed by atoms with E-state index in [9.17, 15) is 4.79 Å². The van der Waals surface area contributed by atoms with Gasteiger partial charge in [-0.25, -0.2) is 0 Å². The van der Waals surface area contributed by atoms with Crippen molar-refractivity contribution in [3.05, 3.63) is 42.0 Å². The molecule has 0 radical (unpaired) electrons. The number of nitrogens with zero attached hydrogens (tertiary/aromatic N) is 1. The molecule has 1 heterocycles. The minimum atomic E-state index is -0.0335. The van der Waals surface area contributed by atoms with Gasteiger partial charge in [-0.15, -0.1) is 0 Å². The van der Waals surface area contributed by atoms with E-state index in [0.717, 1.165) is 38.2 Å². The summed E-state index contributed by atoms with van der Waals surface area (Å²) in [6.07, 6.45) is 2.84. The van der Waals surface area contributed by atoms with E-state index >= 15 is 0 Å². The maximum absolute atomic E-state index is 12.0. The number of carbonyl (C=O) groups is 1. The van der Waals surface area contributed by atoms with Gasteiger partial charge in [0.2, 0.25) is 0 Å². The lowest BCUT2D eigenvalue weighted by Crippen LogP contribution is -2.43. The summed E-state index contributed by atoms with van der Waals surface area (Å²) in [4.78, 5) is 14.4. The first-order chi connectivity index (χ1) is 10.2. The fraction of sp³-hybridized carbons (Fsp3) is 0.471. The van der Waals surface area contributed by atoms with Crippen LogP contribution >= 0.6 is 0 Å². The molecule has 1 aliphatic heterocycles. The Morgan fingerprint density at radius 3 is 2.90 bits per heavy atom. The van der Waals surface area contributed by atoms with Crippen molar-refractivity contribution in [1.29, 1.82) is 0 Å². The zero-order valence-electron chi connectivity index (χ0n) is 12.7. The number of morpholine rings is 1. The van der Waals surface area contributed by atoms with Gasteiger partial charge in [0.1, 0.15) is 0 Å².